The van der Waals surface area contributed by atoms with E-state index in [1.54, 1.807) is 4.90 Å². The van der Waals surface area contributed by atoms with Gasteiger partial charge in [0.1, 0.15) is 18.0 Å². The first-order valence-electron chi connectivity index (χ1n) is 11.0. The highest BCUT2D eigenvalue weighted by molar-refractivity contribution is 5.68. The van der Waals surface area contributed by atoms with Crippen LogP contribution in [0.25, 0.3) is 11.4 Å². The second kappa shape index (κ2) is 9.42. The van der Waals surface area contributed by atoms with Crippen LogP contribution in [0, 0.1) is 0 Å². The summed E-state index contributed by atoms with van der Waals surface area (Å²) in [6.07, 6.45) is 1.24. The van der Waals surface area contributed by atoms with Crippen molar-refractivity contribution in [3.05, 3.63) is 66.1 Å². The molecule has 32 heavy (non-hydrogen) atoms. The number of nitrogens with zero attached hydrogens (tertiary/aromatic N) is 3. The third kappa shape index (κ3) is 5.46. The highest BCUT2D eigenvalue weighted by Gasteiger charge is 2.30. The second-order valence-corrected chi connectivity index (χ2v) is 8.97. The fraction of sp³-hybridized carbons (Fsp3) is 0.400. The van der Waals surface area contributed by atoms with Crippen molar-refractivity contribution in [1.82, 2.24) is 15.0 Å². The normalized spacial score (nSPS) is 14.9. The van der Waals surface area contributed by atoms with Crippen LogP contribution in [-0.2, 0) is 11.3 Å². The van der Waals surface area contributed by atoms with E-state index in [-0.39, 0.29) is 12.0 Å². The molecule has 0 saturated carbocycles. The molecule has 0 aliphatic carbocycles. The van der Waals surface area contributed by atoms with Crippen LogP contribution in [0.15, 0.2) is 59.1 Å². The second-order valence-electron chi connectivity index (χ2n) is 8.97. The van der Waals surface area contributed by atoms with Gasteiger partial charge in [0.05, 0.1) is 5.56 Å². The van der Waals surface area contributed by atoms with Gasteiger partial charge in [-0.15, -0.1) is 0 Å². The molecule has 7 heteroatoms. The van der Waals surface area contributed by atoms with Crippen molar-refractivity contribution in [3.8, 4) is 17.1 Å². The molecule has 1 aromatic heterocycles. The van der Waals surface area contributed by atoms with E-state index in [0.29, 0.717) is 37.2 Å². The summed E-state index contributed by atoms with van der Waals surface area (Å²) < 4.78 is 17.1. The topological polar surface area (TPSA) is 77.7 Å². The third-order valence-electron chi connectivity index (χ3n) is 5.30. The maximum atomic E-state index is 12.3. The molecule has 3 aromatic rings. The molecule has 2 aromatic carbocycles. The van der Waals surface area contributed by atoms with Crippen molar-refractivity contribution in [1.29, 1.82) is 0 Å². The molecule has 1 aliphatic rings. The summed E-state index contributed by atoms with van der Waals surface area (Å²) in [7, 11) is 0. The van der Waals surface area contributed by atoms with E-state index in [9.17, 15) is 4.79 Å². The van der Waals surface area contributed by atoms with Crippen molar-refractivity contribution in [3.63, 3.8) is 0 Å². The maximum absolute atomic E-state index is 12.3. The number of benzene rings is 2. The Morgan fingerprint density at radius 3 is 2.47 bits per heavy atom. The molecule has 0 bridgehead atoms. The van der Waals surface area contributed by atoms with E-state index in [1.807, 2.05) is 75.4 Å². The van der Waals surface area contributed by atoms with Crippen molar-refractivity contribution in [2.24, 2.45) is 0 Å². The molecule has 1 saturated heterocycles. The van der Waals surface area contributed by atoms with Crippen molar-refractivity contribution >= 4 is 6.09 Å². The van der Waals surface area contributed by atoms with Crippen LogP contribution in [0.5, 0.6) is 5.75 Å². The molecule has 7 nitrogen and oxygen atoms in total. The lowest BCUT2D eigenvalue weighted by atomic mass is 9.97. The Hall–Kier alpha value is -3.35. The number of amides is 1. The van der Waals surface area contributed by atoms with Crippen LogP contribution in [0.3, 0.4) is 0 Å². The molecule has 2 heterocycles. The standard InChI is InChI=1S/C25H29N3O4/c1-25(2,3)31-24(29)28-15-13-19(14-16-28)23-26-22(27-32-23)20-11-7-8-12-21(20)30-17-18-9-5-4-6-10-18/h4-12,19H,13-17H2,1-3H3. The molecule has 1 aliphatic heterocycles. The van der Waals surface area contributed by atoms with Gasteiger partial charge < -0.3 is 18.9 Å². The zero-order valence-corrected chi connectivity index (χ0v) is 18.8. The van der Waals surface area contributed by atoms with Gasteiger partial charge >= 0.3 is 6.09 Å². The van der Waals surface area contributed by atoms with E-state index < -0.39 is 5.60 Å². The molecule has 1 amide bonds. The first-order chi connectivity index (χ1) is 15.4. The van der Waals surface area contributed by atoms with Gasteiger partial charge in [0, 0.05) is 19.0 Å². The van der Waals surface area contributed by atoms with Gasteiger partial charge in [-0.1, -0.05) is 47.6 Å². The number of likely N-dealkylation sites (tertiary alicyclic amines) is 1. The molecule has 0 N–H and O–H groups in total. The summed E-state index contributed by atoms with van der Waals surface area (Å²) >= 11 is 0. The van der Waals surface area contributed by atoms with Gasteiger partial charge in [0.25, 0.3) is 0 Å². The number of carbonyl (C=O) groups excluding carboxylic acids is 1. The Balaban J connectivity index is 1.40. The number of piperidine rings is 1. The predicted octanol–water partition coefficient (Wildman–Crippen LogP) is 5.43. The maximum Gasteiger partial charge on any atom is 0.410 e. The van der Waals surface area contributed by atoms with Crippen LogP contribution < -0.4 is 4.74 Å². The van der Waals surface area contributed by atoms with Gasteiger partial charge in [-0.3, -0.25) is 0 Å². The Labute approximate surface area is 188 Å². The fourth-order valence-electron chi connectivity index (χ4n) is 3.66. The fourth-order valence-corrected chi connectivity index (χ4v) is 3.66. The van der Waals surface area contributed by atoms with Crippen LogP contribution in [0.2, 0.25) is 0 Å². The van der Waals surface area contributed by atoms with Gasteiger partial charge in [-0.2, -0.15) is 4.98 Å². The zero-order chi connectivity index (χ0) is 22.6. The van der Waals surface area contributed by atoms with Crippen molar-refractivity contribution < 1.29 is 18.8 Å². The highest BCUT2D eigenvalue weighted by atomic mass is 16.6. The lowest BCUT2D eigenvalue weighted by molar-refractivity contribution is 0.0198. The molecular formula is C25H29N3O4. The number of hydrogen-bond donors (Lipinski definition) is 0. The number of para-hydroxylation sites is 1. The molecular weight excluding hydrogens is 406 g/mol. The minimum absolute atomic E-state index is 0.118. The van der Waals surface area contributed by atoms with E-state index in [1.165, 1.54) is 0 Å². The molecule has 1 fully saturated rings. The van der Waals surface area contributed by atoms with E-state index >= 15 is 0 Å². The van der Waals surface area contributed by atoms with Crippen LogP contribution >= 0.6 is 0 Å². The average molecular weight is 436 g/mol. The number of ether oxygens (including phenoxy) is 2. The van der Waals surface area contributed by atoms with E-state index in [0.717, 1.165) is 24.0 Å². The molecule has 4 rings (SSSR count). The first kappa shape index (κ1) is 21.9. The summed E-state index contributed by atoms with van der Waals surface area (Å²) in [4.78, 5) is 18.7. The van der Waals surface area contributed by atoms with E-state index in [4.69, 9.17) is 14.0 Å². The van der Waals surface area contributed by atoms with Crippen LogP contribution in [0.1, 0.15) is 51.0 Å². The lowest BCUT2D eigenvalue weighted by Gasteiger charge is -2.32. The minimum Gasteiger partial charge on any atom is -0.488 e. The molecule has 168 valence electrons. The predicted molar refractivity (Wildman–Crippen MR) is 120 cm³/mol. The zero-order valence-electron chi connectivity index (χ0n) is 18.8. The molecule has 0 unspecified atom stereocenters. The van der Waals surface area contributed by atoms with Gasteiger partial charge in [-0.25, -0.2) is 4.79 Å². The Morgan fingerprint density at radius 1 is 1.06 bits per heavy atom. The SMILES string of the molecule is CC(C)(C)OC(=O)N1CCC(c2nc(-c3ccccc3OCc3ccccc3)no2)CC1. The monoisotopic (exact) mass is 435 g/mol. The van der Waals surface area contributed by atoms with E-state index in [2.05, 4.69) is 10.1 Å². The largest absolute Gasteiger partial charge is 0.488 e. The van der Waals surface area contributed by atoms with Crippen LogP contribution in [-0.4, -0.2) is 39.8 Å². The van der Waals surface area contributed by atoms with Crippen LogP contribution in [0.4, 0.5) is 4.79 Å². The third-order valence-corrected chi connectivity index (χ3v) is 5.30. The number of aromatic nitrogens is 2. The Kier molecular flexibility index (Phi) is 6.44. The summed E-state index contributed by atoms with van der Waals surface area (Å²) in [6.45, 7) is 7.30. The quantitative estimate of drug-likeness (QED) is 0.532. The molecule has 0 spiro atoms. The Bertz CT molecular complexity index is 1030. The number of carbonyl (C=O) groups is 1. The average Bonchev–Trinajstić information content (AvgIpc) is 3.28. The highest BCUT2D eigenvalue weighted by Crippen LogP contribution is 2.32. The smallest absolute Gasteiger partial charge is 0.410 e. The van der Waals surface area contributed by atoms with Gasteiger partial charge in [-0.05, 0) is 51.3 Å². The lowest BCUT2D eigenvalue weighted by Crippen LogP contribution is -2.41. The number of rotatable bonds is 5. The summed E-state index contributed by atoms with van der Waals surface area (Å²) in [5.41, 5.74) is 1.39. The van der Waals surface area contributed by atoms with Gasteiger partial charge in [0.15, 0.2) is 0 Å². The summed E-state index contributed by atoms with van der Waals surface area (Å²) in [6, 6.07) is 17.7. The summed E-state index contributed by atoms with van der Waals surface area (Å²) in [5, 5.41) is 4.21. The first-order valence-corrected chi connectivity index (χ1v) is 11.0. The Morgan fingerprint density at radius 2 is 1.75 bits per heavy atom. The minimum atomic E-state index is -0.495. The van der Waals surface area contributed by atoms with Crippen molar-refractivity contribution in [2.45, 2.75) is 51.7 Å². The molecule has 0 atom stereocenters. The van der Waals surface area contributed by atoms with Gasteiger partial charge in [0.2, 0.25) is 11.7 Å². The summed E-state index contributed by atoms with van der Waals surface area (Å²) in [5.74, 6) is 1.94. The van der Waals surface area contributed by atoms with Crippen molar-refractivity contribution in [2.75, 3.05) is 13.1 Å². The number of hydrogen-bond acceptors (Lipinski definition) is 6. The molecule has 0 radical (unpaired) electrons.